The van der Waals surface area contributed by atoms with Crippen molar-refractivity contribution in [1.29, 1.82) is 0 Å². The molecule has 0 bridgehead atoms. The minimum atomic E-state index is 0.202. The predicted octanol–water partition coefficient (Wildman–Crippen LogP) is 2.87. The zero-order valence-electron chi connectivity index (χ0n) is 8.89. The zero-order valence-corrected chi connectivity index (χ0v) is 8.89. The van der Waals surface area contributed by atoms with Crippen LogP contribution in [0.5, 0.6) is 0 Å². The Labute approximate surface area is 80.4 Å². The van der Waals surface area contributed by atoms with E-state index in [4.69, 9.17) is 0 Å². The van der Waals surface area contributed by atoms with Crippen LogP contribution in [0.4, 0.5) is 0 Å². The van der Waals surface area contributed by atoms with Crippen molar-refractivity contribution in [2.75, 3.05) is 7.05 Å². The molecule has 70 valence electrons. The summed E-state index contributed by atoms with van der Waals surface area (Å²) in [6.07, 6.45) is 7.71. The van der Waals surface area contributed by atoms with Gasteiger partial charge in [-0.05, 0) is 44.4 Å². The van der Waals surface area contributed by atoms with E-state index in [2.05, 4.69) is 50.9 Å². The summed E-state index contributed by atoms with van der Waals surface area (Å²) in [6.45, 7) is 6.83. The first-order valence-electron chi connectivity index (χ1n) is 4.86. The highest BCUT2D eigenvalue weighted by Crippen LogP contribution is 2.42. The molecule has 0 aromatic rings. The molecule has 0 amide bonds. The molecule has 0 atom stereocenters. The van der Waals surface area contributed by atoms with Gasteiger partial charge in [0.2, 0.25) is 0 Å². The highest BCUT2D eigenvalue weighted by Gasteiger charge is 2.37. The SMILES string of the molecule is CC1=C2CC=CC=C2N(C)C1(C)C. The highest BCUT2D eigenvalue weighted by atomic mass is 15.2. The monoisotopic (exact) mass is 175 g/mol. The molecular weight excluding hydrogens is 158 g/mol. The van der Waals surface area contributed by atoms with Gasteiger partial charge in [-0.1, -0.05) is 12.2 Å². The van der Waals surface area contributed by atoms with Crippen molar-refractivity contribution in [3.05, 3.63) is 35.1 Å². The van der Waals surface area contributed by atoms with Crippen molar-refractivity contribution in [2.24, 2.45) is 0 Å². The van der Waals surface area contributed by atoms with Crippen LogP contribution in [0, 0.1) is 0 Å². The van der Waals surface area contributed by atoms with Crippen LogP contribution in [0.15, 0.2) is 35.1 Å². The standard InChI is InChI=1S/C12H17N/c1-9-10-7-5-6-8-11(10)13(4)12(9,2)3/h5-6,8H,7H2,1-4H3. The third kappa shape index (κ3) is 0.995. The summed E-state index contributed by atoms with van der Waals surface area (Å²) >= 11 is 0. The van der Waals surface area contributed by atoms with Crippen molar-refractivity contribution >= 4 is 0 Å². The Morgan fingerprint density at radius 3 is 2.69 bits per heavy atom. The third-order valence-electron chi connectivity index (χ3n) is 3.59. The smallest absolute Gasteiger partial charge is 0.0558 e. The minimum absolute atomic E-state index is 0.202. The number of hydrogen-bond acceptors (Lipinski definition) is 1. The van der Waals surface area contributed by atoms with Gasteiger partial charge in [0.05, 0.1) is 5.54 Å². The molecular formula is C12H17N. The Balaban J connectivity index is 2.54. The molecule has 0 aromatic heterocycles. The molecule has 0 unspecified atom stereocenters. The summed E-state index contributed by atoms with van der Waals surface area (Å²) in [7, 11) is 2.18. The van der Waals surface area contributed by atoms with E-state index in [9.17, 15) is 0 Å². The summed E-state index contributed by atoms with van der Waals surface area (Å²) in [5.41, 5.74) is 4.65. The van der Waals surface area contributed by atoms with Crippen LogP contribution in [0.25, 0.3) is 0 Å². The van der Waals surface area contributed by atoms with Crippen LogP contribution < -0.4 is 0 Å². The van der Waals surface area contributed by atoms with Gasteiger partial charge in [-0.15, -0.1) is 0 Å². The van der Waals surface area contributed by atoms with E-state index in [1.54, 1.807) is 0 Å². The van der Waals surface area contributed by atoms with E-state index in [0.29, 0.717) is 0 Å². The van der Waals surface area contributed by atoms with Crippen LogP contribution in [0.2, 0.25) is 0 Å². The lowest BCUT2D eigenvalue weighted by Crippen LogP contribution is -2.36. The summed E-state index contributed by atoms with van der Waals surface area (Å²) in [4.78, 5) is 2.38. The largest absolute Gasteiger partial charge is 0.365 e. The molecule has 0 spiro atoms. The van der Waals surface area contributed by atoms with E-state index >= 15 is 0 Å². The molecule has 0 aromatic carbocycles. The molecule has 0 radical (unpaired) electrons. The van der Waals surface area contributed by atoms with Crippen molar-refractivity contribution in [1.82, 2.24) is 4.90 Å². The topological polar surface area (TPSA) is 3.24 Å². The molecule has 0 fully saturated rings. The van der Waals surface area contributed by atoms with Gasteiger partial charge in [0, 0.05) is 12.7 Å². The molecule has 0 saturated carbocycles. The fourth-order valence-corrected chi connectivity index (χ4v) is 2.13. The maximum absolute atomic E-state index is 2.38. The minimum Gasteiger partial charge on any atom is -0.365 e. The van der Waals surface area contributed by atoms with Crippen LogP contribution in [0.3, 0.4) is 0 Å². The van der Waals surface area contributed by atoms with Crippen LogP contribution in [-0.4, -0.2) is 17.5 Å². The van der Waals surface area contributed by atoms with Gasteiger partial charge >= 0.3 is 0 Å². The fraction of sp³-hybridized carbons (Fsp3) is 0.500. The lowest BCUT2D eigenvalue weighted by atomic mass is 9.93. The van der Waals surface area contributed by atoms with Gasteiger partial charge in [-0.25, -0.2) is 0 Å². The average Bonchev–Trinajstić information content (AvgIpc) is 2.30. The summed E-state index contributed by atoms with van der Waals surface area (Å²) in [5, 5.41) is 0. The van der Waals surface area contributed by atoms with E-state index in [-0.39, 0.29) is 5.54 Å². The molecule has 1 heteroatoms. The van der Waals surface area contributed by atoms with Crippen LogP contribution in [-0.2, 0) is 0 Å². The molecule has 1 aliphatic carbocycles. The van der Waals surface area contributed by atoms with E-state index in [0.717, 1.165) is 6.42 Å². The average molecular weight is 175 g/mol. The summed E-state index contributed by atoms with van der Waals surface area (Å²) in [5.74, 6) is 0. The second kappa shape index (κ2) is 2.50. The van der Waals surface area contributed by atoms with Crippen molar-refractivity contribution in [3.8, 4) is 0 Å². The van der Waals surface area contributed by atoms with Crippen LogP contribution in [0.1, 0.15) is 27.2 Å². The Bertz CT molecular complexity index is 326. The van der Waals surface area contributed by atoms with Crippen molar-refractivity contribution < 1.29 is 0 Å². The first kappa shape index (κ1) is 8.61. The number of rotatable bonds is 0. The van der Waals surface area contributed by atoms with Gasteiger partial charge in [0.25, 0.3) is 0 Å². The van der Waals surface area contributed by atoms with Gasteiger partial charge in [-0.2, -0.15) is 0 Å². The number of hydrogen-bond donors (Lipinski definition) is 0. The van der Waals surface area contributed by atoms with E-state index in [1.165, 1.54) is 16.8 Å². The zero-order chi connectivity index (χ0) is 9.64. The Morgan fingerprint density at radius 1 is 1.38 bits per heavy atom. The first-order valence-corrected chi connectivity index (χ1v) is 4.86. The molecule has 1 heterocycles. The molecule has 1 nitrogen and oxygen atoms in total. The lowest BCUT2D eigenvalue weighted by Gasteiger charge is -2.32. The lowest BCUT2D eigenvalue weighted by molar-refractivity contribution is 0.274. The van der Waals surface area contributed by atoms with Crippen molar-refractivity contribution in [2.45, 2.75) is 32.7 Å². The number of likely N-dealkylation sites (N-methyl/N-ethyl adjacent to an activating group) is 1. The first-order chi connectivity index (χ1) is 6.05. The molecule has 2 aliphatic rings. The van der Waals surface area contributed by atoms with Crippen LogP contribution >= 0.6 is 0 Å². The summed E-state index contributed by atoms with van der Waals surface area (Å²) < 4.78 is 0. The number of fused-ring (bicyclic) bond motifs is 1. The maximum atomic E-state index is 2.38. The normalized spacial score (nSPS) is 24.9. The predicted molar refractivity (Wildman–Crippen MR) is 56.4 cm³/mol. The van der Waals surface area contributed by atoms with E-state index < -0.39 is 0 Å². The quantitative estimate of drug-likeness (QED) is 0.547. The molecule has 0 saturated heterocycles. The Hall–Kier alpha value is -0.980. The van der Waals surface area contributed by atoms with Gasteiger partial charge in [-0.3, -0.25) is 0 Å². The third-order valence-corrected chi connectivity index (χ3v) is 3.59. The highest BCUT2D eigenvalue weighted by molar-refractivity contribution is 5.49. The second-order valence-electron chi connectivity index (χ2n) is 4.41. The molecule has 0 N–H and O–H groups in total. The Kier molecular flexibility index (Phi) is 1.66. The number of nitrogens with zero attached hydrogens (tertiary/aromatic N) is 1. The van der Waals surface area contributed by atoms with Gasteiger partial charge in [0.1, 0.15) is 0 Å². The second-order valence-corrected chi connectivity index (χ2v) is 4.41. The fourth-order valence-electron chi connectivity index (χ4n) is 2.13. The van der Waals surface area contributed by atoms with Gasteiger partial charge in [0.15, 0.2) is 0 Å². The van der Waals surface area contributed by atoms with E-state index in [1.807, 2.05) is 0 Å². The summed E-state index contributed by atoms with van der Waals surface area (Å²) in [6, 6.07) is 0. The molecule has 2 rings (SSSR count). The molecule has 1 aliphatic heterocycles. The Morgan fingerprint density at radius 2 is 2.08 bits per heavy atom. The molecule has 13 heavy (non-hydrogen) atoms. The van der Waals surface area contributed by atoms with Crippen molar-refractivity contribution in [3.63, 3.8) is 0 Å². The number of allylic oxidation sites excluding steroid dienone is 4. The maximum Gasteiger partial charge on any atom is 0.0558 e. The van der Waals surface area contributed by atoms with Gasteiger partial charge < -0.3 is 4.90 Å².